The molecule has 4 aromatic rings. The zero-order chi connectivity index (χ0) is 44.9. The van der Waals surface area contributed by atoms with E-state index in [9.17, 15) is 33.6 Å². The zero-order valence-corrected chi connectivity index (χ0v) is 36.3. The summed E-state index contributed by atoms with van der Waals surface area (Å²) in [7, 11) is 0. The largest absolute Gasteiger partial charge is 0.361 e. The van der Waals surface area contributed by atoms with Gasteiger partial charge in [0.2, 0.25) is 41.4 Å². The van der Waals surface area contributed by atoms with Crippen LogP contribution in [-0.2, 0) is 52.8 Å². The quantitative estimate of drug-likeness (QED) is 0.113. The van der Waals surface area contributed by atoms with Crippen LogP contribution in [0.1, 0.15) is 81.0 Å². The van der Waals surface area contributed by atoms with Crippen molar-refractivity contribution in [2.24, 2.45) is 0 Å². The molecule has 7 amide bonds. The zero-order valence-electron chi connectivity index (χ0n) is 36.3. The van der Waals surface area contributed by atoms with E-state index in [2.05, 4.69) is 36.9 Å². The van der Waals surface area contributed by atoms with Crippen LogP contribution < -0.4 is 31.9 Å². The Hall–Kier alpha value is -6.51. The SMILES string of the molecule is CCCC[C@@H]1NC(=O)[C@H](Cc2c[nH]c3ccccc23)NC(=O)[C@H](Cc2ccccc2C)NC(=O)[C@@H]2CCCN2C(=O)[C@@H](NC(=O)[C@H](Cc2ccccc2)NC(C)=O)CCCNC1=O. The molecule has 0 saturated carbocycles. The van der Waals surface area contributed by atoms with Gasteiger partial charge in [-0.2, -0.15) is 0 Å². The molecular weight excluding hydrogens is 801 g/mol. The number of carbonyl (C=O) groups is 7. The average molecular weight is 861 g/mol. The molecule has 0 spiro atoms. The maximum absolute atomic E-state index is 14.6. The molecule has 3 heterocycles. The molecule has 0 radical (unpaired) electrons. The van der Waals surface area contributed by atoms with E-state index in [0.29, 0.717) is 25.7 Å². The molecule has 6 atom stereocenters. The number of aryl methyl sites for hydroxylation is 1. The van der Waals surface area contributed by atoms with Crippen LogP contribution in [0.4, 0.5) is 0 Å². The molecule has 1 aromatic heterocycles. The first-order valence-corrected chi connectivity index (χ1v) is 22.1. The van der Waals surface area contributed by atoms with Crippen molar-refractivity contribution in [2.45, 2.75) is 121 Å². The van der Waals surface area contributed by atoms with Crippen LogP contribution in [0.25, 0.3) is 10.9 Å². The summed E-state index contributed by atoms with van der Waals surface area (Å²) in [4.78, 5) is 103. The Labute approximate surface area is 368 Å². The normalized spacial score (nSPS) is 22.1. The first-order valence-electron chi connectivity index (χ1n) is 22.1. The first-order chi connectivity index (χ1) is 30.4. The minimum Gasteiger partial charge on any atom is -0.361 e. The molecule has 0 aliphatic carbocycles. The molecule has 15 heteroatoms. The lowest BCUT2D eigenvalue weighted by Crippen LogP contribution is -2.60. The molecule has 63 heavy (non-hydrogen) atoms. The number of unbranched alkanes of at least 4 members (excludes halogenated alkanes) is 1. The topological polar surface area (TPSA) is 211 Å². The number of nitrogens with zero attached hydrogens (tertiary/aromatic N) is 1. The van der Waals surface area contributed by atoms with Gasteiger partial charge in [-0.3, -0.25) is 33.6 Å². The molecular formula is C48H60N8O7. The van der Waals surface area contributed by atoms with Crippen molar-refractivity contribution in [3.63, 3.8) is 0 Å². The highest BCUT2D eigenvalue weighted by Crippen LogP contribution is 2.23. The molecule has 2 saturated heterocycles. The third-order valence-electron chi connectivity index (χ3n) is 11.9. The van der Waals surface area contributed by atoms with E-state index in [4.69, 9.17) is 0 Å². The number of amides is 7. The fourth-order valence-corrected chi connectivity index (χ4v) is 8.47. The van der Waals surface area contributed by atoms with E-state index < -0.39 is 77.6 Å². The van der Waals surface area contributed by atoms with Crippen LogP contribution in [0, 0.1) is 6.92 Å². The fraction of sp³-hybridized carbons (Fsp3) is 0.438. The second kappa shape index (κ2) is 22.0. The summed E-state index contributed by atoms with van der Waals surface area (Å²) in [5.41, 5.74) is 4.16. The van der Waals surface area contributed by atoms with Gasteiger partial charge in [0, 0.05) is 56.4 Å². The lowest BCUT2D eigenvalue weighted by Gasteiger charge is -2.31. The van der Waals surface area contributed by atoms with Gasteiger partial charge in [0.15, 0.2) is 0 Å². The molecule has 6 rings (SSSR count). The van der Waals surface area contributed by atoms with Crippen molar-refractivity contribution in [1.82, 2.24) is 41.8 Å². The molecule has 3 aromatic carbocycles. The van der Waals surface area contributed by atoms with Crippen molar-refractivity contribution >= 4 is 52.3 Å². The number of para-hydroxylation sites is 1. The highest BCUT2D eigenvalue weighted by Gasteiger charge is 2.40. The lowest BCUT2D eigenvalue weighted by molar-refractivity contribution is -0.142. The van der Waals surface area contributed by atoms with Gasteiger partial charge >= 0.3 is 0 Å². The Morgan fingerprint density at radius 1 is 0.762 bits per heavy atom. The van der Waals surface area contributed by atoms with Crippen molar-refractivity contribution in [1.29, 1.82) is 0 Å². The number of nitrogens with one attached hydrogen (secondary N) is 7. The van der Waals surface area contributed by atoms with E-state index >= 15 is 0 Å². The third kappa shape index (κ3) is 12.3. The second-order valence-corrected chi connectivity index (χ2v) is 16.6. The monoisotopic (exact) mass is 860 g/mol. The summed E-state index contributed by atoms with van der Waals surface area (Å²) >= 11 is 0. The Balaban J connectivity index is 1.33. The Morgan fingerprint density at radius 3 is 2.16 bits per heavy atom. The minimum atomic E-state index is -1.15. The molecule has 2 aliphatic heterocycles. The number of hydrogen-bond acceptors (Lipinski definition) is 7. The first kappa shape index (κ1) is 46.0. The summed E-state index contributed by atoms with van der Waals surface area (Å²) in [6.07, 6.45) is 5.11. The van der Waals surface area contributed by atoms with Crippen LogP contribution in [0.2, 0.25) is 0 Å². The molecule has 334 valence electrons. The summed E-state index contributed by atoms with van der Waals surface area (Å²) in [6.45, 7) is 5.56. The number of carbonyl (C=O) groups excluding carboxylic acids is 7. The number of aromatic nitrogens is 1. The predicted molar refractivity (Wildman–Crippen MR) is 239 cm³/mol. The van der Waals surface area contributed by atoms with Gasteiger partial charge in [-0.25, -0.2) is 0 Å². The van der Waals surface area contributed by atoms with Gasteiger partial charge in [-0.05, 0) is 67.3 Å². The molecule has 7 N–H and O–H groups in total. The second-order valence-electron chi connectivity index (χ2n) is 16.6. The van der Waals surface area contributed by atoms with Crippen LogP contribution in [-0.4, -0.2) is 101 Å². The van der Waals surface area contributed by atoms with Crippen LogP contribution in [0.15, 0.2) is 85.1 Å². The lowest BCUT2D eigenvalue weighted by atomic mass is 9.98. The van der Waals surface area contributed by atoms with Crippen molar-refractivity contribution in [3.05, 3.63) is 107 Å². The third-order valence-corrected chi connectivity index (χ3v) is 11.9. The summed E-state index contributed by atoms with van der Waals surface area (Å²) < 4.78 is 0. The van der Waals surface area contributed by atoms with Gasteiger partial charge in [0.25, 0.3) is 0 Å². The van der Waals surface area contributed by atoms with E-state index in [1.165, 1.54) is 11.8 Å². The van der Waals surface area contributed by atoms with Crippen molar-refractivity contribution in [3.8, 4) is 0 Å². The van der Waals surface area contributed by atoms with E-state index in [-0.39, 0.29) is 45.2 Å². The van der Waals surface area contributed by atoms with Gasteiger partial charge in [-0.15, -0.1) is 0 Å². The molecule has 0 unspecified atom stereocenters. The van der Waals surface area contributed by atoms with Crippen LogP contribution in [0.5, 0.6) is 0 Å². The van der Waals surface area contributed by atoms with Crippen molar-refractivity contribution in [2.75, 3.05) is 13.1 Å². The number of hydrogen-bond donors (Lipinski definition) is 7. The summed E-state index contributed by atoms with van der Waals surface area (Å²) in [5, 5.41) is 18.2. The van der Waals surface area contributed by atoms with E-state index in [0.717, 1.165) is 39.6 Å². The maximum atomic E-state index is 14.6. The number of benzene rings is 3. The fourth-order valence-electron chi connectivity index (χ4n) is 8.47. The highest BCUT2D eigenvalue weighted by atomic mass is 16.2. The van der Waals surface area contributed by atoms with Gasteiger partial charge in [0.1, 0.15) is 36.3 Å². The van der Waals surface area contributed by atoms with E-state index in [1.54, 1.807) is 6.20 Å². The molecule has 2 fully saturated rings. The van der Waals surface area contributed by atoms with Crippen LogP contribution >= 0.6 is 0 Å². The minimum absolute atomic E-state index is 0.0957. The summed E-state index contributed by atoms with van der Waals surface area (Å²) in [5.74, 6) is -3.58. The molecule has 2 aliphatic rings. The highest BCUT2D eigenvalue weighted by molar-refractivity contribution is 5.98. The van der Waals surface area contributed by atoms with Gasteiger partial charge < -0.3 is 41.8 Å². The number of aromatic amines is 1. The molecule has 0 bridgehead atoms. The number of H-pyrrole nitrogens is 1. The van der Waals surface area contributed by atoms with Crippen LogP contribution in [0.3, 0.4) is 0 Å². The summed E-state index contributed by atoms with van der Waals surface area (Å²) in [6, 6.07) is 18.1. The Kier molecular flexibility index (Phi) is 16.1. The smallest absolute Gasteiger partial charge is 0.245 e. The average Bonchev–Trinajstić information content (AvgIpc) is 3.93. The van der Waals surface area contributed by atoms with Crippen molar-refractivity contribution < 1.29 is 33.6 Å². The Bertz CT molecular complexity index is 2260. The van der Waals surface area contributed by atoms with E-state index in [1.807, 2.05) is 92.7 Å². The van der Waals surface area contributed by atoms with Gasteiger partial charge in [0.05, 0.1) is 0 Å². The molecule has 15 nitrogen and oxygen atoms in total. The number of rotatable bonds is 12. The van der Waals surface area contributed by atoms with Gasteiger partial charge in [-0.1, -0.05) is 92.6 Å². The maximum Gasteiger partial charge on any atom is 0.245 e. The number of fused-ring (bicyclic) bond motifs is 2. The predicted octanol–water partition coefficient (Wildman–Crippen LogP) is 3.04. The Morgan fingerprint density at radius 2 is 1.43 bits per heavy atom. The standard InChI is InChI=1S/C48H60N8O7/c1-4-5-20-37-43(58)49-24-13-22-38(53-44(59)39(51-31(3)57)26-32-16-7-6-8-17-32)48(63)56-25-14-23-42(56)47(62)55-40(27-33-18-10-9-15-30(33)2)46(61)54-41(45(60)52-37)28-34-29-50-36-21-12-11-19-35(34)36/h6-12,15-19,21,29,37-42,50H,4-5,13-14,20,22-28H2,1-3H3,(H,49,58)(H,51,57)(H,52,60)(H,53,59)(H,54,61)(H,55,62)/t37-,38-,39-,40-,41-,42-/m0/s1.